The molecule has 0 atom stereocenters. The molecule has 0 saturated carbocycles. The third kappa shape index (κ3) is 2.97. The predicted octanol–water partition coefficient (Wildman–Crippen LogP) is 4.68. The van der Waals surface area contributed by atoms with Crippen LogP contribution in [0.3, 0.4) is 0 Å². The lowest BCUT2D eigenvalue weighted by Gasteiger charge is -2.14. The number of benzene rings is 3. The Balaban J connectivity index is 1.85. The number of hydrogen-bond donors (Lipinski definition) is 1. The number of aryl methyl sites for hydroxylation is 3. The average Bonchev–Trinajstić information content (AvgIpc) is 3.07. The summed E-state index contributed by atoms with van der Waals surface area (Å²) in [4.78, 5) is 0. The molecule has 1 N–H and O–H groups in total. The van der Waals surface area contributed by atoms with Crippen LogP contribution in [0.4, 0.5) is 11.4 Å². The maximum absolute atomic E-state index is 3.62. The molecule has 0 amide bonds. The van der Waals surface area contributed by atoms with Crippen LogP contribution >= 0.6 is 0 Å². The number of para-hydroxylation sites is 1. The summed E-state index contributed by atoms with van der Waals surface area (Å²) in [5.74, 6) is 1.12. The van der Waals surface area contributed by atoms with Gasteiger partial charge in [-0.1, -0.05) is 54.1 Å². The molecule has 0 fully saturated rings. The number of hydrazine groups is 1. The first kappa shape index (κ1) is 16.4. The van der Waals surface area contributed by atoms with Gasteiger partial charge in [0.2, 0.25) is 0 Å². The normalized spacial score (nSPS) is 13.9. The number of nitrogens with zero attached hydrogens (tertiary/aromatic N) is 2. The van der Waals surface area contributed by atoms with Gasteiger partial charge in [-0.15, -0.1) is 0 Å². The first-order valence-electron chi connectivity index (χ1n) is 9.00. The minimum Gasteiger partial charge on any atom is -0.203 e. The van der Waals surface area contributed by atoms with E-state index in [1.54, 1.807) is 0 Å². The highest BCUT2D eigenvalue weighted by molar-refractivity contribution is 5.97. The van der Waals surface area contributed by atoms with Crippen molar-refractivity contribution >= 4 is 17.2 Å². The van der Waals surface area contributed by atoms with E-state index < -0.39 is 0 Å². The molecule has 0 unspecified atom stereocenters. The van der Waals surface area contributed by atoms with Crippen molar-refractivity contribution in [1.29, 1.82) is 0 Å². The van der Waals surface area contributed by atoms with Gasteiger partial charge in [-0.3, -0.25) is 0 Å². The Kier molecular flexibility index (Phi) is 4.21. The van der Waals surface area contributed by atoms with Gasteiger partial charge in [-0.2, -0.15) is 10.4 Å². The molecule has 1 aliphatic rings. The molecule has 0 bridgehead atoms. The summed E-state index contributed by atoms with van der Waals surface area (Å²) in [6.45, 7) is 7.31. The smallest absolute Gasteiger partial charge is 0.203 e. The Morgan fingerprint density at radius 1 is 0.808 bits per heavy atom. The molecule has 3 aromatic rings. The van der Waals surface area contributed by atoms with Crippen molar-refractivity contribution < 1.29 is 4.58 Å². The van der Waals surface area contributed by atoms with E-state index in [2.05, 4.69) is 103 Å². The van der Waals surface area contributed by atoms with E-state index >= 15 is 0 Å². The summed E-state index contributed by atoms with van der Waals surface area (Å²) >= 11 is 0. The molecule has 0 radical (unpaired) electrons. The van der Waals surface area contributed by atoms with E-state index in [1.807, 2.05) is 6.07 Å². The number of rotatable bonds is 3. The standard InChI is InChI=1S/C23H23N3/c1-17-14-18(2)22(19(3)15-17)25-16-26(21-12-8-5-9-13-21)24-23(25)20-10-6-4-7-11-20/h4-15H,16H2,1-3H3/p+1. The zero-order valence-corrected chi connectivity index (χ0v) is 15.5. The maximum atomic E-state index is 3.62. The lowest BCUT2D eigenvalue weighted by atomic mass is 10.0. The number of anilines is 1. The Hall–Kier alpha value is -3.07. The summed E-state index contributed by atoms with van der Waals surface area (Å²) in [6.07, 6.45) is 0. The molecule has 130 valence electrons. The lowest BCUT2D eigenvalue weighted by molar-refractivity contribution is -0.431. The third-order valence-electron chi connectivity index (χ3n) is 4.81. The zero-order chi connectivity index (χ0) is 18.1. The topological polar surface area (TPSA) is 18.3 Å². The molecule has 1 heterocycles. The quantitative estimate of drug-likeness (QED) is 0.696. The van der Waals surface area contributed by atoms with Crippen LogP contribution in [0.5, 0.6) is 0 Å². The first-order valence-corrected chi connectivity index (χ1v) is 9.00. The fourth-order valence-corrected chi connectivity index (χ4v) is 3.79. The molecular formula is C23H24N3+. The Labute approximate surface area is 155 Å². The Morgan fingerprint density at radius 3 is 2.00 bits per heavy atom. The van der Waals surface area contributed by atoms with Crippen molar-refractivity contribution in [3.63, 3.8) is 0 Å². The second kappa shape index (κ2) is 6.68. The van der Waals surface area contributed by atoms with Crippen molar-refractivity contribution in [2.45, 2.75) is 20.8 Å². The summed E-state index contributed by atoms with van der Waals surface area (Å²) < 4.78 is 2.38. The minimum atomic E-state index is 0.763. The van der Waals surface area contributed by atoms with Crippen LogP contribution in [0.15, 0.2) is 72.8 Å². The summed E-state index contributed by atoms with van der Waals surface area (Å²) in [6, 6.07) is 25.5. The van der Waals surface area contributed by atoms with Crippen molar-refractivity contribution in [1.82, 2.24) is 5.43 Å². The summed E-state index contributed by atoms with van der Waals surface area (Å²) in [5.41, 5.74) is 11.1. The molecule has 26 heavy (non-hydrogen) atoms. The highest BCUT2D eigenvalue weighted by Gasteiger charge is 2.32. The van der Waals surface area contributed by atoms with E-state index in [1.165, 1.54) is 27.9 Å². The van der Waals surface area contributed by atoms with E-state index in [0.717, 1.165) is 18.2 Å². The van der Waals surface area contributed by atoms with Crippen LogP contribution in [0, 0.1) is 20.8 Å². The van der Waals surface area contributed by atoms with E-state index in [-0.39, 0.29) is 0 Å². The molecule has 0 spiro atoms. The number of nitrogens with one attached hydrogen (secondary N) is 1. The Bertz CT molecular complexity index is 936. The third-order valence-corrected chi connectivity index (χ3v) is 4.81. The van der Waals surface area contributed by atoms with Gasteiger partial charge >= 0.3 is 5.84 Å². The highest BCUT2D eigenvalue weighted by atomic mass is 15.6. The average molecular weight is 342 g/mol. The van der Waals surface area contributed by atoms with Crippen LogP contribution in [0.1, 0.15) is 22.3 Å². The van der Waals surface area contributed by atoms with Crippen molar-refractivity contribution in [3.8, 4) is 0 Å². The fourth-order valence-electron chi connectivity index (χ4n) is 3.79. The van der Waals surface area contributed by atoms with Crippen molar-refractivity contribution in [3.05, 3.63) is 95.1 Å². The van der Waals surface area contributed by atoms with Gasteiger partial charge in [-0.25, -0.2) is 4.58 Å². The van der Waals surface area contributed by atoms with Crippen LogP contribution in [0.2, 0.25) is 0 Å². The molecular weight excluding hydrogens is 318 g/mol. The summed E-state index contributed by atoms with van der Waals surface area (Å²) in [5, 5.41) is 2.20. The van der Waals surface area contributed by atoms with E-state index in [4.69, 9.17) is 0 Å². The van der Waals surface area contributed by atoms with Crippen LogP contribution in [-0.2, 0) is 0 Å². The van der Waals surface area contributed by atoms with E-state index in [0.29, 0.717) is 0 Å². The van der Waals surface area contributed by atoms with Crippen molar-refractivity contribution in [2.24, 2.45) is 0 Å². The van der Waals surface area contributed by atoms with Crippen molar-refractivity contribution in [2.75, 3.05) is 11.7 Å². The molecule has 3 nitrogen and oxygen atoms in total. The Morgan fingerprint density at radius 2 is 1.38 bits per heavy atom. The summed E-state index contributed by atoms with van der Waals surface area (Å²) in [7, 11) is 0. The van der Waals surface area contributed by atoms with Crippen LogP contribution < -0.4 is 10.4 Å². The molecule has 1 aliphatic heterocycles. The van der Waals surface area contributed by atoms with Gasteiger partial charge < -0.3 is 0 Å². The fraction of sp³-hybridized carbons (Fsp3) is 0.174. The molecule has 0 saturated heterocycles. The van der Waals surface area contributed by atoms with Gasteiger partial charge in [0, 0.05) is 0 Å². The molecule has 4 rings (SSSR count). The molecule has 0 aromatic heterocycles. The van der Waals surface area contributed by atoms with Gasteiger partial charge in [0.25, 0.3) is 0 Å². The van der Waals surface area contributed by atoms with Gasteiger partial charge in [0.05, 0.1) is 11.3 Å². The highest BCUT2D eigenvalue weighted by Crippen LogP contribution is 2.28. The second-order valence-corrected chi connectivity index (χ2v) is 6.91. The van der Waals surface area contributed by atoms with Crippen LogP contribution in [-0.4, -0.2) is 17.1 Å². The minimum absolute atomic E-state index is 0.763. The number of hydrogen-bond acceptors (Lipinski definition) is 2. The maximum Gasteiger partial charge on any atom is 0.307 e. The van der Waals surface area contributed by atoms with E-state index in [9.17, 15) is 0 Å². The monoisotopic (exact) mass is 342 g/mol. The number of amidine groups is 1. The molecule has 0 aliphatic carbocycles. The van der Waals surface area contributed by atoms with Gasteiger partial charge in [0.1, 0.15) is 5.69 Å². The first-order chi connectivity index (χ1) is 12.6. The van der Waals surface area contributed by atoms with Crippen LogP contribution in [0.25, 0.3) is 0 Å². The van der Waals surface area contributed by atoms with Gasteiger partial charge in [-0.05, 0) is 56.2 Å². The largest absolute Gasteiger partial charge is 0.307 e. The molecule has 3 heteroatoms. The van der Waals surface area contributed by atoms with Gasteiger partial charge in [0.15, 0.2) is 6.67 Å². The molecule has 3 aromatic carbocycles. The SMILES string of the molecule is Cc1cc(C)c([N+]2=C(c3ccccc3)NN(c3ccccc3)C2)c(C)c1. The lowest BCUT2D eigenvalue weighted by Crippen LogP contribution is -2.36. The second-order valence-electron chi connectivity index (χ2n) is 6.91. The zero-order valence-electron chi connectivity index (χ0n) is 15.5. The predicted molar refractivity (Wildman–Crippen MR) is 108 cm³/mol.